The Hall–Kier alpha value is -1.66. The monoisotopic (exact) mass is 249 g/mol. The predicted molar refractivity (Wildman–Crippen MR) is 63.9 cm³/mol. The van der Waals surface area contributed by atoms with Gasteiger partial charge in [0.2, 0.25) is 0 Å². The van der Waals surface area contributed by atoms with Gasteiger partial charge in [0.1, 0.15) is 5.69 Å². The molecule has 1 aromatic heterocycles. The number of aliphatic hydroxyl groups excluding tert-OH is 2. The summed E-state index contributed by atoms with van der Waals surface area (Å²) in [5.74, 6) is -0.336. The normalized spacial score (nSPS) is 16.6. The van der Waals surface area contributed by atoms with Gasteiger partial charge < -0.3 is 15.5 Å². The van der Waals surface area contributed by atoms with Crippen LogP contribution in [0.5, 0.6) is 0 Å². The van der Waals surface area contributed by atoms with E-state index in [-0.39, 0.29) is 19.1 Å². The van der Waals surface area contributed by atoms with E-state index in [1.165, 1.54) is 11.1 Å². The Balaban J connectivity index is 1.80. The van der Waals surface area contributed by atoms with Crippen LogP contribution in [0.25, 0.3) is 5.57 Å². The van der Waals surface area contributed by atoms with Gasteiger partial charge in [-0.15, -0.1) is 0 Å². The summed E-state index contributed by atoms with van der Waals surface area (Å²) in [4.78, 5) is 12.1. The highest BCUT2D eigenvalue weighted by molar-refractivity contribution is 5.99. The second-order valence-corrected chi connectivity index (χ2v) is 5.19. The summed E-state index contributed by atoms with van der Waals surface area (Å²) in [6, 6.07) is 0. The van der Waals surface area contributed by atoms with Crippen molar-refractivity contribution in [2.24, 2.45) is 0 Å². The van der Waals surface area contributed by atoms with Gasteiger partial charge in [-0.1, -0.05) is 5.57 Å². The molecule has 1 heterocycles. The number of rotatable bonds is 4. The second-order valence-electron chi connectivity index (χ2n) is 5.19. The molecule has 0 unspecified atom stereocenters. The number of H-pyrrole nitrogens is 1. The fourth-order valence-corrected chi connectivity index (χ4v) is 2.24. The van der Waals surface area contributed by atoms with Crippen LogP contribution in [0.15, 0.2) is 5.57 Å². The number of fused-ring (bicyclic) bond motifs is 2. The van der Waals surface area contributed by atoms with Gasteiger partial charge in [0.05, 0.1) is 24.4 Å². The number of hydrogen-bond donors (Lipinski definition) is 4. The Morgan fingerprint density at radius 1 is 1.44 bits per heavy atom. The van der Waals surface area contributed by atoms with Crippen LogP contribution in [0.3, 0.4) is 0 Å². The molecule has 0 saturated carbocycles. The fourth-order valence-electron chi connectivity index (χ4n) is 2.24. The van der Waals surface area contributed by atoms with Crippen molar-refractivity contribution in [3.63, 3.8) is 0 Å². The molecule has 6 heteroatoms. The Kier molecular flexibility index (Phi) is 2.33. The van der Waals surface area contributed by atoms with E-state index in [1.54, 1.807) is 6.92 Å². The zero-order chi connectivity index (χ0) is 12.9. The van der Waals surface area contributed by atoms with E-state index in [2.05, 4.69) is 15.5 Å². The van der Waals surface area contributed by atoms with Gasteiger partial charge in [-0.25, -0.2) is 0 Å². The van der Waals surface area contributed by atoms with E-state index in [0.29, 0.717) is 5.69 Å². The van der Waals surface area contributed by atoms with E-state index in [1.807, 2.05) is 0 Å². The second kappa shape index (κ2) is 3.66. The zero-order valence-corrected chi connectivity index (χ0v) is 10.1. The largest absolute Gasteiger partial charge is 0.394 e. The molecule has 0 bridgehead atoms. The third-order valence-electron chi connectivity index (χ3n) is 3.58. The standard InChI is InChI=1S/C12H15N3O3/c1-12(4-16,5-17)13-11(18)10-8-3-6-2-7(6)9(8)14-15-10/h16-17H,2-5H2,1H3,(H,13,18)(H,14,15). The smallest absolute Gasteiger partial charge is 0.270 e. The minimum absolute atomic E-state index is 0.319. The number of carbonyl (C=O) groups is 1. The highest BCUT2D eigenvalue weighted by atomic mass is 16.3. The summed E-state index contributed by atoms with van der Waals surface area (Å²) < 4.78 is 0. The Labute approximate surface area is 104 Å². The van der Waals surface area contributed by atoms with Crippen LogP contribution in [-0.2, 0) is 6.42 Å². The van der Waals surface area contributed by atoms with E-state index < -0.39 is 5.54 Å². The van der Waals surface area contributed by atoms with Crippen molar-refractivity contribution in [1.82, 2.24) is 15.5 Å². The van der Waals surface area contributed by atoms with E-state index in [0.717, 1.165) is 24.1 Å². The average Bonchev–Trinajstić information content (AvgIpc) is 2.85. The molecule has 2 aliphatic rings. The molecule has 96 valence electrons. The van der Waals surface area contributed by atoms with Crippen molar-refractivity contribution in [2.75, 3.05) is 13.2 Å². The Morgan fingerprint density at radius 2 is 2.17 bits per heavy atom. The number of hydrogen-bond acceptors (Lipinski definition) is 4. The third kappa shape index (κ3) is 1.57. The lowest BCUT2D eigenvalue weighted by Gasteiger charge is -2.25. The summed E-state index contributed by atoms with van der Waals surface area (Å²) >= 11 is 0. The van der Waals surface area contributed by atoms with E-state index in [9.17, 15) is 4.79 Å². The number of nitrogens with zero attached hydrogens (tertiary/aromatic N) is 1. The SMILES string of the molecule is CC(CO)(CO)NC(=O)c1[nH]nc2c1CC1=C2C1. The van der Waals surface area contributed by atoms with Gasteiger partial charge >= 0.3 is 0 Å². The molecule has 0 radical (unpaired) electrons. The first-order valence-electron chi connectivity index (χ1n) is 5.91. The van der Waals surface area contributed by atoms with E-state index >= 15 is 0 Å². The van der Waals surface area contributed by atoms with Gasteiger partial charge in [-0.05, 0) is 25.3 Å². The van der Waals surface area contributed by atoms with Crippen LogP contribution in [0, 0.1) is 0 Å². The number of aliphatic hydroxyl groups is 2. The van der Waals surface area contributed by atoms with Crippen LogP contribution in [0.2, 0.25) is 0 Å². The first kappa shape index (κ1) is 11.4. The summed E-state index contributed by atoms with van der Waals surface area (Å²) in [7, 11) is 0. The lowest BCUT2D eigenvalue weighted by Crippen LogP contribution is -2.52. The summed E-state index contributed by atoms with van der Waals surface area (Å²) in [5, 5.41) is 27.9. The molecule has 6 nitrogen and oxygen atoms in total. The highest BCUT2D eigenvalue weighted by Gasteiger charge is 2.38. The maximum Gasteiger partial charge on any atom is 0.270 e. The molecule has 18 heavy (non-hydrogen) atoms. The van der Waals surface area contributed by atoms with Gasteiger partial charge in [-0.2, -0.15) is 5.10 Å². The molecule has 0 aliphatic heterocycles. The van der Waals surface area contributed by atoms with Gasteiger partial charge in [-0.3, -0.25) is 9.89 Å². The number of amides is 1. The van der Waals surface area contributed by atoms with Crippen molar-refractivity contribution in [3.8, 4) is 0 Å². The Bertz CT molecular complexity index is 555. The van der Waals surface area contributed by atoms with Gasteiger partial charge in [0.15, 0.2) is 0 Å². The molecule has 2 aliphatic carbocycles. The van der Waals surface area contributed by atoms with Crippen LogP contribution in [0.4, 0.5) is 0 Å². The van der Waals surface area contributed by atoms with Gasteiger partial charge in [0.25, 0.3) is 5.91 Å². The van der Waals surface area contributed by atoms with Crippen molar-refractivity contribution < 1.29 is 15.0 Å². The van der Waals surface area contributed by atoms with E-state index in [4.69, 9.17) is 10.2 Å². The van der Waals surface area contributed by atoms with Crippen LogP contribution in [0.1, 0.15) is 35.1 Å². The average molecular weight is 249 g/mol. The summed E-state index contributed by atoms with van der Waals surface area (Å²) in [6.07, 6.45) is 1.81. The number of allylic oxidation sites excluding steroid dienone is 2. The minimum atomic E-state index is -1.02. The minimum Gasteiger partial charge on any atom is -0.394 e. The zero-order valence-electron chi connectivity index (χ0n) is 10.1. The lowest BCUT2D eigenvalue weighted by atomic mass is 10.0. The molecular formula is C12H15N3O3. The van der Waals surface area contributed by atoms with Crippen molar-refractivity contribution in [2.45, 2.75) is 25.3 Å². The van der Waals surface area contributed by atoms with Crippen LogP contribution in [-0.4, -0.2) is 45.1 Å². The summed E-state index contributed by atoms with van der Waals surface area (Å²) in [6.45, 7) is 0.948. The van der Waals surface area contributed by atoms with Crippen LogP contribution < -0.4 is 5.32 Å². The molecule has 0 spiro atoms. The fraction of sp³-hybridized carbons (Fsp3) is 0.500. The van der Waals surface area contributed by atoms with Gasteiger partial charge in [0, 0.05) is 5.56 Å². The van der Waals surface area contributed by atoms with Crippen molar-refractivity contribution in [1.29, 1.82) is 0 Å². The van der Waals surface area contributed by atoms with Crippen molar-refractivity contribution >= 4 is 11.5 Å². The number of aromatic nitrogens is 2. The number of nitrogens with one attached hydrogen (secondary N) is 2. The molecule has 0 atom stereocenters. The molecule has 3 rings (SSSR count). The number of carbonyl (C=O) groups excluding carboxylic acids is 1. The third-order valence-corrected chi connectivity index (χ3v) is 3.58. The lowest BCUT2D eigenvalue weighted by molar-refractivity contribution is 0.0719. The Morgan fingerprint density at radius 3 is 2.83 bits per heavy atom. The molecule has 1 aromatic rings. The number of aromatic amines is 1. The van der Waals surface area contributed by atoms with Crippen molar-refractivity contribution in [3.05, 3.63) is 22.5 Å². The topological polar surface area (TPSA) is 98.2 Å². The molecule has 4 N–H and O–H groups in total. The first-order valence-corrected chi connectivity index (χ1v) is 5.91. The maximum atomic E-state index is 12.1. The quantitative estimate of drug-likeness (QED) is 0.583. The summed E-state index contributed by atoms with van der Waals surface area (Å²) in [5.41, 5.74) is 3.88. The highest BCUT2D eigenvalue weighted by Crippen LogP contribution is 2.49. The van der Waals surface area contributed by atoms with Crippen LogP contribution >= 0.6 is 0 Å². The molecular weight excluding hydrogens is 234 g/mol. The maximum absolute atomic E-state index is 12.1. The first-order chi connectivity index (χ1) is 8.58. The predicted octanol–water partition coefficient (Wildman–Crippen LogP) is -0.404. The molecule has 1 amide bonds. The molecule has 0 aromatic carbocycles. The molecule has 0 saturated heterocycles. The molecule has 0 fully saturated rings.